The molecule has 0 bridgehead atoms. The summed E-state index contributed by atoms with van der Waals surface area (Å²) in [5, 5.41) is 12.2. The third-order valence-electron chi connectivity index (χ3n) is 2.28. The Balaban J connectivity index is 2.32. The van der Waals surface area contributed by atoms with Crippen LogP contribution in [0.4, 0.5) is 0 Å². The lowest BCUT2D eigenvalue weighted by Gasteiger charge is -2.19. The summed E-state index contributed by atoms with van der Waals surface area (Å²) in [4.78, 5) is 0. The van der Waals surface area contributed by atoms with Crippen molar-refractivity contribution in [2.24, 2.45) is 5.41 Å². The number of nitrogens with zero attached hydrogens (tertiary/aromatic N) is 1. The molecule has 0 amide bonds. The predicted octanol–water partition coefficient (Wildman–Crippen LogP) is 2.35. The van der Waals surface area contributed by atoms with Gasteiger partial charge < -0.3 is 9.73 Å². The van der Waals surface area contributed by atoms with E-state index in [1.807, 2.05) is 26.0 Å². The minimum Gasteiger partial charge on any atom is -0.469 e. The van der Waals surface area contributed by atoms with Crippen LogP contribution < -0.4 is 5.32 Å². The van der Waals surface area contributed by atoms with E-state index in [0.29, 0.717) is 12.6 Å². The van der Waals surface area contributed by atoms with Gasteiger partial charge in [0.15, 0.2) is 0 Å². The van der Waals surface area contributed by atoms with E-state index in [1.165, 1.54) is 0 Å². The molecular formula is C12H18N2O. The first kappa shape index (κ1) is 11.8. The molecule has 0 radical (unpaired) electrons. The fourth-order valence-electron chi connectivity index (χ4n) is 1.27. The molecule has 0 aliphatic rings. The minimum absolute atomic E-state index is 0.308. The van der Waals surface area contributed by atoms with Crippen molar-refractivity contribution in [1.82, 2.24) is 5.32 Å². The second-order valence-corrected chi connectivity index (χ2v) is 4.56. The van der Waals surface area contributed by atoms with Crippen LogP contribution in [0.25, 0.3) is 0 Å². The van der Waals surface area contributed by atoms with E-state index in [9.17, 15) is 0 Å². The monoisotopic (exact) mass is 206 g/mol. The highest BCUT2D eigenvalue weighted by Gasteiger charge is 2.17. The first-order chi connectivity index (χ1) is 7.03. The standard InChI is InChI=1S/C12H18N2O/c1-10(7-11-5-4-6-15-11)14-9-12(2,3)8-13/h4-6,10,14H,7,9H2,1-3H3. The van der Waals surface area contributed by atoms with E-state index >= 15 is 0 Å². The average molecular weight is 206 g/mol. The smallest absolute Gasteiger partial charge is 0.105 e. The minimum atomic E-state index is -0.308. The van der Waals surface area contributed by atoms with Crippen molar-refractivity contribution >= 4 is 0 Å². The number of hydrogen-bond donors (Lipinski definition) is 1. The molecule has 1 aromatic heterocycles. The third-order valence-corrected chi connectivity index (χ3v) is 2.28. The zero-order chi connectivity index (χ0) is 11.3. The maximum Gasteiger partial charge on any atom is 0.105 e. The van der Waals surface area contributed by atoms with Crippen molar-refractivity contribution in [3.05, 3.63) is 24.2 Å². The van der Waals surface area contributed by atoms with E-state index in [0.717, 1.165) is 12.2 Å². The van der Waals surface area contributed by atoms with Crippen LogP contribution in [0, 0.1) is 16.7 Å². The Hall–Kier alpha value is -1.27. The summed E-state index contributed by atoms with van der Waals surface area (Å²) in [5.41, 5.74) is -0.308. The van der Waals surface area contributed by atoms with Gasteiger partial charge in [0, 0.05) is 19.0 Å². The number of hydrogen-bond acceptors (Lipinski definition) is 3. The van der Waals surface area contributed by atoms with Crippen molar-refractivity contribution < 1.29 is 4.42 Å². The maximum atomic E-state index is 8.86. The summed E-state index contributed by atoms with van der Waals surface area (Å²) in [7, 11) is 0. The van der Waals surface area contributed by atoms with Crippen molar-refractivity contribution in [3.8, 4) is 6.07 Å². The lowest BCUT2D eigenvalue weighted by molar-refractivity contribution is 0.392. The molecule has 3 heteroatoms. The van der Waals surface area contributed by atoms with E-state index in [4.69, 9.17) is 9.68 Å². The molecule has 0 aliphatic carbocycles. The fourth-order valence-corrected chi connectivity index (χ4v) is 1.27. The third kappa shape index (κ3) is 4.18. The second-order valence-electron chi connectivity index (χ2n) is 4.56. The van der Waals surface area contributed by atoms with Gasteiger partial charge >= 0.3 is 0 Å². The molecule has 0 aliphatic heterocycles. The van der Waals surface area contributed by atoms with Crippen LogP contribution in [0.5, 0.6) is 0 Å². The zero-order valence-electron chi connectivity index (χ0n) is 9.58. The Labute approximate surface area is 91.1 Å². The molecule has 1 unspecified atom stereocenters. The highest BCUT2D eigenvalue weighted by Crippen LogP contribution is 2.12. The number of rotatable bonds is 5. The second kappa shape index (κ2) is 4.99. The van der Waals surface area contributed by atoms with Crippen LogP contribution in [0.1, 0.15) is 26.5 Å². The summed E-state index contributed by atoms with van der Waals surface area (Å²) >= 11 is 0. The summed E-state index contributed by atoms with van der Waals surface area (Å²) in [6, 6.07) is 6.45. The molecule has 0 saturated heterocycles. The largest absolute Gasteiger partial charge is 0.469 e. The van der Waals surface area contributed by atoms with Gasteiger partial charge in [0.1, 0.15) is 5.76 Å². The Morgan fingerprint density at radius 3 is 2.87 bits per heavy atom. The van der Waals surface area contributed by atoms with Crippen LogP contribution in [0.15, 0.2) is 22.8 Å². The molecule has 15 heavy (non-hydrogen) atoms. The molecule has 3 nitrogen and oxygen atoms in total. The van der Waals surface area contributed by atoms with Gasteiger partial charge in [-0.2, -0.15) is 5.26 Å². The van der Waals surface area contributed by atoms with Gasteiger partial charge in [-0.15, -0.1) is 0 Å². The molecule has 1 heterocycles. The zero-order valence-corrected chi connectivity index (χ0v) is 9.58. The van der Waals surface area contributed by atoms with E-state index in [2.05, 4.69) is 18.3 Å². The van der Waals surface area contributed by atoms with E-state index in [1.54, 1.807) is 6.26 Å². The number of furan rings is 1. The van der Waals surface area contributed by atoms with Gasteiger partial charge in [-0.05, 0) is 32.9 Å². The van der Waals surface area contributed by atoms with E-state index in [-0.39, 0.29) is 5.41 Å². The SMILES string of the molecule is CC(Cc1ccco1)NCC(C)(C)C#N. The van der Waals surface area contributed by atoms with Gasteiger partial charge in [0.2, 0.25) is 0 Å². The van der Waals surface area contributed by atoms with Gasteiger partial charge in [0.05, 0.1) is 17.7 Å². The molecule has 1 atom stereocenters. The molecule has 1 N–H and O–H groups in total. The van der Waals surface area contributed by atoms with Crippen LogP contribution in [-0.4, -0.2) is 12.6 Å². The fraction of sp³-hybridized carbons (Fsp3) is 0.583. The Kier molecular flexibility index (Phi) is 3.93. The molecule has 0 spiro atoms. The molecule has 1 rings (SSSR count). The lowest BCUT2D eigenvalue weighted by Crippen LogP contribution is -2.35. The van der Waals surface area contributed by atoms with Crippen LogP contribution >= 0.6 is 0 Å². The first-order valence-electron chi connectivity index (χ1n) is 5.20. The average Bonchev–Trinajstić information content (AvgIpc) is 2.68. The summed E-state index contributed by atoms with van der Waals surface area (Å²) < 4.78 is 5.26. The molecule has 0 fully saturated rings. The highest BCUT2D eigenvalue weighted by molar-refractivity contribution is 5.00. The van der Waals surface area contributed by atoms with Gasteiger partial charge in [-0.1, -0.05) is 0 Å². The summed E-state index contributed by atoms with van der Waals surface area (Å²) in [5.74, 6) is 0.977. The van der Waals surface area contributed by atoms with Crippen LogP contribution in [0.2, 0.25) is 0 Å². The predicted molar refractivity (Wildman–Crippen MR) is 59.3 cm³/mol. The Morgan fingerprint density at radius 2 is 2.33 bits per heavy atom. The molecular weight excluding hydrogens is 188 g/mol. The van der Waals surface area contributed by atoms with Crippen molar-refractivity contribution in [2.75, 3.05) is 6.54 Å². The molecule has 1 aromatic rings. The summed E-state index contributed by atoms with van der Waals surface area (Å²) in [6.07, 6.45) is 2.54. The molecule has 82 valence electrons. The Bertz CT molecular complexity index is 322. The quantitative estimate of drug-likeness (QED) is 0.804. The normalized spacial score (nSPS) is 13.5. The number of nitriles is 1. The molecule has 0 saturated carbocycles. The highest BCUT2D eigenvalue weighted by atomic mass is 16.3. The maximum absolute atomic E-state index is 8.86. The molecule has 0 aromatic carbocycles. The van der Waals surface area contributed by atoms with Crippen molar-refractivity contribution in [1.29, 1.82) is 5.26 Å². The summed E-state index contributed by atoms with van der Waals surface area (Å²) in [6.45, 7) is 6.65. The van der Waals surface area contributed by atoms with E-state index < -0.39 is 0 Å². The topological polar surface area (TPSA) is 49.0 Å². The Morgan fingerprint density at radius 1 is 1.60 bits per heavy atom. The van der Waals surface area contributed by atoms with Gasteiger partial charge in [-0.3, -0.25) is 0 Å². The lowest BCUT2D eigenvalue weighted by atomic mass is 9.95. The number of nitrogens with one attached hydrogen (secondary N) is 1. The van der Waals surface area contributed by atoms with Crippen LogP contribution in [0.3, 0.4) is 0 Å². The van der Waals surface area contributed by atoms with Gasteiger partial charge in [0.25, 0.3) is 0 Å². The van der Waals surface area contributed by atoms with Crippen LogP contribution in [-0.2, 0) is 6.42 Å². The van der Waals surface area contributed by atoms with Crippen molar-refractivity contribution in [3.63, 3.8) is 0 Å². The van der Waals surface area contributed by atoms with Crippen molar-refractivity contribution in [2.45, 2.75) is 33.2 Å². The van der Waals surface area contributed by atoms with Gasteiger partial charge in [-0.25, -0.2) is 0 Å². The first-order valence-corrected chi connectivity index (χ1v) is 5.20.